The molecule has 0 spiro atoms. The molecule has 3 rings (SSSR count). The average Bonchev–Trinajstić information content (AvgIpc) is 3.27. The number of nitrogens with zero attached hydrogens (tertiary/aromatic N) is 4. The molecule has 10 nitrogen and oxygen atoms in total. The summed E-state index contributed by atoms with van der Waals surface area (Å²) in [5, 5.41) is 12.5. The number of primary amides is 1. The molecule has 1 atom stereocenters. The van der Waals surface area contributed by atoms with Gasteiger partial charge in [0.1, 0.15) is 5.84 Å². The fourth-order valence-electron chi connectivity index (χ4n) is 3.99. The maximum Gasteiger partial charge on any atom is 0.253 e. The van der Waals surface area contributed by atoms with Gasteiger partial charge in [-0.25, -0.2) is 9.98 Å². The summed E-state index contributed by atoms with van der Waals surface area (Å²) in [7, 11) is 0. The molecule has 0 aliphatic carbocycles. The molecule has 2 saturated heterocycles. The molecular weight excluding hydrogens is 429 g/mol. The molecule has 1 unspecified atom stereocenters. The standard InChI is InChI=1S/C22H28FN7O3/c23-18-12-15(3-8-27-18)29-20(25)17(21(26)32)14-28-22(4-7-24)5-9-30(10-6-22)19(31)13-16-2-1-11-33-16/h3,8,12,14,16,28H,1-2,4-6,9-11,13H2,(H2,26,32)(H2,25,27,29)/b17-14+. The number of halogens is 1. The van der Waals surface area contributed by atoms with Gasteiger partial charge < -0.3 is 26.4 Å². The highest BCUT2D eigenvalue weighted by molar-refractivity contribution is 6.20. The molecule has 2 aliphatic rings. The van der Waals surface area contributed by atoms with E-state index in [1.807, 2.05) is 0 Å². The number of likely N-dealkylation sites (tertiary alicyclic amines) is 1. The SMILES string of the molecule is N#CCC1(N/C=C(/C(N)=O)C(N)=Nc2ccnc(F)c2)CCN(C(=O)CC2CCCO2)CC1. The van der Waals surface area contributed by atoms with Gasteiger partial charge in [0.05, 0.1) is 41.8 Å². The number of aliphatic imine (C=N–C) groups is 1. The molecule has 0 radical (unpaired) electrons. The largest absolute Gasteiger partial charge is 0.384 e. The van der Waals surface area contributed by atoms with E-state index in [9.17, 15) is 19.2 Å². The molecule has 11 heteroatoms. The third-order valence-electron chi connectivity index (χ3n) is 5.94. The second-order valence-electron chi connectivity index (χ2n) is 8.24. The van der Waals surface area contributed by atoms with E-state index in [4.69, 9.17) is 16.2 Å². The van der Waals surface area contributed by atoms with Crippen LogP contribution in [0.3, 0.4) is 0 Å². The minimum Gasteiger partial charge on any atom is -0.384 e. The van der Waals surface area contributed by atoms with Gasteiger partial charge >= 0.3 is 0 Å². The summed E-state index contributed by atoms with van der Waals surface area (Å²) in [5.41, 5.74) is 10.8. The van der Waals surface area contributed by atoms with Crippen molar-refractivity contribution < 1.29 is 18.7 Å². The Bertz CT molecular complexity index is 974. The Morgan fingerprint density at radius 1 is 1.42 bits per heavy atom. The normalized spacial score (nSPS) is 20.8. The number of amidine groups is 1. The zero-order valence-electron chi connectivity index (χ0n) is 18.3. The van der Waals surface area contributed by atoms with Crippen molar-refractivity contribution in [1.82, 2.24) is 15.2 Å². The Morgan fingerprint density at radius 3 is 2.79 bits per heavy atom. The number of aromatic nitrogens is 1. The molecule has 0 bridgehead atoms. The minimum absolute atomic E-state index is 0.0152. The lowest BCUT2D eigenvalue weighted by molar-refractivity contribution is -0.135. The van der Waals surface area contributed by atoms with Gasteiger partial charge in [0.25, 0.3) is 5.91 Å². The summed E-state index contributed by atoms with van der Waals surface area (Å²) in [6, 6.07) is 4.67. The van der Waals surface area contributed by atoms with E-state index in [-0.39, 0.29) is 35.5 Å². The van der Waals surface area contributed by atoms with Gasteiger partial charge in [0, 0.05) is 38.2 Å². The number of carbonyl (C=O) groups is 2. The predicted molar refractivity (Wildman–Crippen MR) is 118 cm³/mol. The lowest BCUT2D eigenvalue weighted by Crippen LogP contribution is -2.53. The molecule has 33 heavy (non-hydrogen) atoms. The van der Waals surface area contributed by atoms with Crippen molar-refractivity contribution >= 4 is 23.3 Å². The van der Waals surface area contributed by atoms with Crippen LogP contribution in [0.5, 0.6) is 0 Å². The van der Waals surface area contributed by atoms with Crippen LogP contribution in [0.25, 0.3) is 0 Å². The number of hydrogen-bond acceptors (Lipinski definition) is 7. The van der Waals surface area contributed by atoms with E-state index in [0.717, 1.165) is 18.9 Å². The van der Waals surface area contributed by atoms with Gasteiger partial charge in [-0.2, -0.15) is 9.65 Å². The summed E-state index contributed by atoms with van der Waals surface area (Å²) in [4.78, 5) is 33.8. The highest BCUT2D eigenvalue weighted by Gasteiger charge is 2.36. The van der Waals surface area contributed by atoms with Gasteiger partial charge in [-0.15, -0.1) is 0 Å². The van der Waals surface area contributed by atoms with Crippen LogP contribution in [0.4, 0.5) is 10.1 Å². The number of nitrogens with two attached hydrogens (primary N) is 2. The Hall–Kier alpha value is -3.52. The van der Waals surface area contributed by atoms with E-state index in [1.54, 1.807) is 4.90 Å². The zero-order chi connectivity index (χ0) is 23.8. The van der Waals surface area contributed by atoms with Crippen LogP contribution < -0.4 is 16.8 Å². The molecule has 5 N–H and O–H groups in total. The van der Waals surface area contributed by atoms with Crippen molar-refractivity contribution in [1.29, 1.82) is 5.26 Å². The fourth-order valence-corrected chi connectivity index (χ4v) is 3.99. The molecule has 1 aromatic rings. The van der Waals surface area contributed by atoms with Gasteiger partial charge in [0.15, 0.2) is 0 Å². The Balaban J connectivity index is 1.69. The van der Waals surface area contributed by atoms with Crippen molar-refractivity contribution in [2.24, 2.45) is 16.5 Å². The molecule has 2 aliphatic heterocycles. The van der Waals surface area contributed by atoms with Crippen molar-refractivity contribution in [2.45, 2.75) is 50.2 Å². The molecular formula is C22H28FN7O3. The van der Waals surface area contributed by atoms with Crippen LogP contribution in [0, 0.1) is 17.3 Å². The predicted octanol–water partition coefficient (Wildman–Crippen LogP) is 1.01. The number of hydrogen-bond donors (Lipinski definition) is 3. The summed E-state index contributed by atoms with van der Waals surface area (Å²) in [6.07, 6.45) is 5.98. The van der Waals surface area contributed by atoms with E-state index >= 15 is 0 Å². The number of piperidine rings is 1. The van der Waals surface area contributed by atoms with Crippen LogP contribution in [0.2, 0.25) is 0 Å². The van der Waals surface area contributed by atoms with Gasteiger partial charge in [0.2, 0.25) is 11.9 Å². The topological polar surface area (TPSA) is 160 Å². The second kappa shape index (κ2) is 10.9. The van der Waals surface area contributed by atoms with Gasteiger partial charge in [-0.05, 0) is 31.7 Å². The number of ether oxygens (including phenoxy) is 1. The van der Waals surface area contributed by atoms with Crippen LogP contribution in [-0.4, -0.2) is 58.9 Å². The Morgan fingerprint density at radius 2 is 2.18 bits per heavy atom. The van der Waals surface area contributed by atoms with Gasteiger partial charge in [-0.1, -0.05) is 0 Å². The third-order valence-corrected chi connectivity index (χ3v) is 5.94. The molecule has 0 aromatic carbocycles. The molecule has 176 valence electrons. The summed E-state index contributed by atoms with van der Waals surface area (Å²) in [5.74, 6) is -1.71. The monoisotopic (exact) mass is 457 g/mol. The molecule has 2 fully saturated rings. The molecule has 0 saturated carbocycles. The number of nitrogens with one attached hydrogen (secondary N) is 1. The quantitative estimate of drug-likeness (QED) is 0.227. The highest BCUT2D eigenvalue weighted by Crippen LogP contribution is 2.27. The average molecular weight is 458 g/mol. The summed E-state index contributed by atoms with van der Waals surface area (Å²) >= 11 is 0. The van der Waals surface area contributed by atoms with Crippen LogP contribution in [0.15, 0.2) is 35.1 Å². The van der Waals surface area contributed by atoms with Crippen molar-refractivity contribution in [3.05, 3.63) is 36.1 Å². The number of nitriles is 1. The van der Waals surface area contributed by atoms with Crippen LogP contribution >= 0.6 is 0 Å². The zero-order valence-corrected chi connectivity index (χ0v) is 18.3. The van der Waals surface area contributed by atoms with Crippen LogP contribution in [0.1, 0.15) is 38.5 Å². The first-order chi connectivity index (χ1) is 15.8. The van der Waals surface area contributed by atoms with E-state index in [2.05, 4.69) is 21.4 Å². The smallest absolute Gasteiger partial charge is 0.253 e. The van der Waals surface area contributed by atoms with Crippen LogP contribution in [-0.2, 0) is 14.3 Å². The van der Waals surface area contributed by atoms with E-state index < -0.39 is 17.4 Å². The Kier molecular flexibility index (Phi) is 7.95. The highest BCUT2D eigenvalue weighted by atomic mass is 19.1. The maximum atomic E-state index is 13.3. The maximum absolute atomic E-state index is 13.3. The molecule has 2 amide bonds. The van der Waals surface area contributed by atoms with Crippen molar-refractivity contribution in [2.75, 3.05) is 19.7 Å². The number of rotatable bonds is 8. The molecule has 1 aromatic heterocycles. The third kappa shape index (κ3) is 6.49. The summed E-state index contributed by atoms with van der Waals surface area (Å²) in [6.45, 7) is 1.64. The number of pyridine rings is 1. The fraction of sp³-hybridized carbons (Fsp3) is 0.500. The number of carbonyl (C=O) groups excluding carboxylic acids is 2. The van der Waals surface area contributed by atoms with Gasteiger partial charge in [-0.3, -0.25) is 9.59 Å². The molecule has 3 heterocycles. The van der Waals surface area contributed by atoms with Crippen molar-refractivity contribution in [3.63, 3.8) is 0 Å². The Labute approximate surface area is 191 Å². The first-order valence-electron chi connectivity index (χ1n) is 10.8. The first-order valence-corrected chi connectivity index (χ1v) is 10.8. The lowest BCUT2D eigenvalue weighted by atomic mass is 9.84. The van der Waals surface area contributed by atoms with E-state index in [0.29, 0.717) is 39.0 Å². The summed E-state index contributed by atoms with van der Waals surface area (Å²) < 4.78 is 18.9. The lowest BCUT2D eigenvalue weighted by Gasteiger charge is -2.41. The van der Waals surface area contributed by atoms with E-state index in [1.165, 1.54) is 18.5 Å². The second-order valence-corrected chi connectivity index (χ2v) is 8.24. The minimum atomic E-state index is -0.824. The first kappa shape index (κ1) is 24.1. The number of amides is 2. The van der Waals surface area contributed by atoms with Crippen molar-refractivity contribution in [3.8, 4) is 6.07 Å².